The van der Waals surface area contributed by atoms with E-state index in [1.54, 1.807) is 0 Å². The van der Waals surface area contributed by atoms with Crippen LogP contribution in [0.25, 0.3) is 21.8 Å². The Balaban J connectivity index is 2.09. The van der Waals surface area contributed by atoms with Gasteiger partial charge in [-0.15, -0.1) is 0 Å². The fraction of sp³-hybridized carbons (Fsp3) is 0.333. The van der Waals surface area contributed by atoms with Gasteiger partial charge in [0.1, 0.15) is 11.4 Å². The summed E-state index contributed by atoms with van der Waals surface area (Å²) in [4.78, 5) is 3.58. The molecule has 0 amide bonds. The van der Waals surface area contributed by atoms with Gasteiger partial charge in [0.05, 0.1) is 5.52 Å². The molecule has 0 fully saturated rings. The molecular weight excluding hydrogens is 246 g/mol. The molecule has 3 aromatic rings. The van der Waals surface area contributed by atoms with E-state index in [-0.39, 0.29) is 5.60 Å². The lowest BCUT2D eigenvalue weighted by molar-refractivity contribution is 0.0843. The molecule has 4 rings (SSSR count). The minimum absolute atomic E-state index is 0.0581. The van der Waals surface area contributed by atoms with Crippen LogP contribution in [0.15, 0.2) is 30.3 Å². The second-order valence-corrected chi connectivity index (χ2v) is 6.46. The highest BCUT2D eigenvalue weighted by molar-refractivity contribution is 6.09. The van der Waals surface area contributed by atoms with E-state index in [0.29, 0.717) is 0 Å². The van der Waals surface area contributed by atoms with E-state index in [9.17, 15) is 0 Å². The van der Waals surface area contributed by atoms with Crippen LogP contribution in [0, 0.1) is 6.92 Å². The van der Waals surface area contributed by atoms with E-state index in [1.165, 1.54) is 32.9 Å². The molecule has 2 heteroatoms. The monoisotopic (exact) mass is 265 g/mol. The van der Waals surface area contributed by atoms with Crippen molar-refractivity contribution >= 4 is 21.8 Å². The maximum atomic E-state index is 6.23. The van der Waals surface area contributed by atoms with Crippen LogP contribution in [-0.4, -0.2) is 10.6 Å². The van der Waals surface area contributed by atoms with Gasteiger partial charge in [-0.3, -0.25) is 0 Å². The number of aromatic amines is 1. The van der Waals surface area contributed by atoms with Crippen LogP contribution in [0.4, 0.5) is 0 Å². The molecule has 1 aromatic heterocycles. The Kier molecular flexibility index (Phi) is 2.24. The van der Waals surface area contributed by atoms with Crippen LogP contribution < -0.4 is 4.74 Å². The smallest absolute Gasteiger partial charge is 0.128 e. The topological polar surface area (TPSA) is 25.0 Å². The standard InChI is InChI=1S/C18H19NO/c1-11-10-14-12-6-4-5-7-15(12)19-16(14)13-8-9-18(2,3)20-17(11)13/h4-7,10,19H,8-9H2,1-3H3. The summed E-state index contributed by atoms with van der Waals surface area (Å²) in [5, 5.41) is 2.62. The normalized spacial score (nSPS) is 17.1. The van der Waals surface area contributed by atoms with Gasteiger partial charge >= 0.3 is 0 Å². The molecule has 0 saturated carbocycles. The highest BCUT2D eigenvalue weighted by atomic mass is 16.5. The average Bonchev–Trinajstić information content (AvgIpc) is 2.77. The quantitative estimate of drug-likeness (QED) is 0.624. The lowest BCUT2D eigenvalue weighted by Crippen LogP contribution is -2.33. The molecule has 1 aliphatic rings. The molecule has 1 N–H and O–H groups in total. The summed E-state index contributed by atoms with van der Waals surface area (Å²) in [6.07, 6.45) is 2.14. The molecule has 0 saturated heterocycles. The predicted molar refractivity (Wildman–Crippen MR) is 83.6 cm³/mol. The van der Waals surface area contributed by atoms with Crippen LogP contribution in [-0.2, 0) is 6.42 Å². The summed E-state index contributed by atoms with van der Waals surface area (Å²) >= 11 is 0. The number of nitrogens with one attached hydrogen (secondary N) is 1. The molecule has 2 nitrogen and oxygen atoms in total. The van der Waals surface area contributed by atoms with Crippen LogP contribution in [0.1, 0.15) is 31.4 Å². The van der Waals surface area contributed by atoms with Crippen LogP contribution >= 0.6 is 0 Å². The summed E-state index contributed by atoms with van der Waals surface area (Å²) in [5.41, 5.74) is 4.99. The second-order valence-electron chi connectivity index (χ2n) is 6.46. The van der Waals surface area contributed by atoms with Crippen molar-refractivity contribution in [3.8, 4) is 5.75 Å². The maximum absolute atomic E-state index is 6.23. The highest BCUT2D eigenvalue weighted by Crippen LogP contribution is 2.41. The molecule has 20 heavy (non-hydrogen) atoms. The number of benzene rings is 2. The Labute approximate surface area is 118 Å². The van der Waals surface area contributed by atoms with E-state index in [1.807, 2.05) is 0 Å². The Morgan fingerprint density at radius 3 is 2.80 bits per heavy atom. The molecule has 2 aromatic carbocycles. The minimum Gasteiger partial charge on any atom is -0.487 e. The number of H-pyrrole nitrogens is 1. The van der Waals surface area contributed by atoms with Crippen LogP contribution in [0.3, 0.4) is 0 Å². The second kappa shape index (κ2) is 3.78. The Morgan fingerprint density at radius 1 is 1.15 bits per heavy atom. The number of rotatable bonds is 0. The van der Waals surface area contributed by atoms with Crippen molar-refractivity contribution in [1.29, 1.82) is 0 Å². The van der Waals surface area contributed by atoms with Crippen molar-refractivity contribution in [2.24, 2.45) is 0 Å². The minimum atomic E-state index is -0.0581. The van der Waals surface area contributed by atoms with E-state index >= 15 is 0 Å². The van der Waals surface area contributed by atoms with Crippen molar-refractivity contribution in [2.75, 3.05) is 0 Å². The summed E-state index contributed by atoms with van der Waals surface area (Å²) < 4.78 is 6.23. The largest absolute Gasteiger partial charge is 0.487 e. The molecule has 1 aliphatic heterocycles. The van der Waals surface area contributed by atoms with Gasteiger partial charge in [0.25, 0.3) is 0 Å². The molecule has 102 valence electrons. The summed E-state index contributed by atoms with van der Waals surface area (Å²) in [7, 11) is 0. The average molecular weight is 265 g/mol. The lowest BCUT2D eigenvalue weighted by atomic mass is 9.91. The molecule has 2 heterocycles. The van der Waals surface area contributed by atoms with E-state index < -0.39 is 0 Å². The van der Waals surface area contributed by atoms with Crippen molar-refractivity contribution in [1.82, 2.24) is 4.98 Å². The van der Waals surface area contributed by atoms with Gasteiger partial charge < -0.3 is 9.72 Å². The number of aromatic nitrogens is 1. The molecular formula is C18H19NO. The number of fused-ring (bicyclic) bond motifs is 5. The van der Waals surface area contributed by atoms with E-state index in [0.717, 1.165) is 18.6 Å². The molecule has 0 atom stereocenters. The summed E-state index contributed by atoms with van der Waals surface area (Å²) in [6.45, 7) is 6.50. The Hall–Kier alpha value is -1.96. The number of ether oxygens (including phenoxy) is 1. The highest BCUT2D eigenvalue weighted by Gasteiger charge is 2.29. The first-order valence-electron chi connectivity index (χ1n) is 7.27. The zero-order valence-corrected chi connectivity index (χ0v) is 12.2. The summed E-state index contributed by atoms with van der Waals surface area (Å²) in [5.74, 6) is 1.08. The first-order valence-corrected chi connectivity index (χ1v) is 7.27. The number of hydrogen-bond donors (Lipinski definition) is 1. The third kappa shape index (κ3) is 1.57. The maximum Gasteiger partial charge on any atom is 0.128 e. The first kappa shape index (κ1) is 11.8. The van der Waals surface area contributed by atoms with Crippen molar-refractivity contribution in [3.63, 3.8) is 0 Å². The molecule has 0 spiro atoms. The van der Waals surface area contributed by atoms with E-state index in [2.05, 4.69) is 56.1 Å². The third-order valence-corrected chi connectivity index (χ3v) is 4.40. The number of aryl methyl sites for hydroxylation is 2. The van der Waals surface area contributed by atoms with Crippen LogP contribution in [0.5, 0.6) is 5.75 Å². The van der Waals surface area contributed by atoms with Gasteiger partial charge in [0.15, 0.2) is 0 Å². The fourth-order valence-corrected chi connectivity index (χ4v) is 3.32. The van der Waals surface area contributed by atoms with Crippen molar-refractivity contribution in [3.05, 3.63) is 41.5 Å². The van der Waals surface area contributed by atoms with Gasteiger partial charge in [-0.1, -0.05) is 18.2 Å². The van der Waals surface area contributed by atoms with Gasteiger partial charge in [0.2, 0.25) is 0 Å². The van der Waals surface area contributed by atoms with E-state index in [4.69, 9.17) is 4.74 Å². The van der Waals surface area contributed by atoms with Gasteiger partial charge in [-0.05, 0) is 51.3 Å². The molecule has 0 bridgehead atoms. The lowest BCUT2D eigenvalue weighted by Gasteiger charge is -2.33. The van der Waals surface area contributed by atoms with Gasteiger partial charge in [0, 0.05) is 21.9 Å². The van der Waals surface area contributed by atoms with Crippen LogP contribution in [0.2, 0.25) is 0 Å². The zero-order chi connectivity index (χ0) is 13.9. The Morgan fingerprint density at radius 2 is 1.95 bits per heavy atom. The number of hydrogen-bond acceptors (Lipinski definition) is 1. The Bertz CT molecular complexity index is 826. The molecule has 0 aliphatic carbocycles. The van der Waals surface area contributed by atoms with Gasteiger partial charge in [-0.25, -0.2) is 0 Å². The SMILES string of the molecule is Cc1cc2c([nH]c3ccccc32)c2c1OC(C)(C)CC2. The molecule has 0 unspecified atom stereocenters. The van der Waals surface area contributed by atoms with Gasteiger partial charge in [-0.2, -0.15) is 0 Å². The third-order valence-electron chi connectivity index (χ3n) is 4.40. The van der Waals surface area contributed by atoms with Crippen molar-refractivity contribution in [2.45, 2.75) is 39.2 Å². The summed E-state index contributed by atoms with van der Waals surface area (Å²) in [6, 6.07) is 10.8. The zero-order valence-electron chi connectivity index (χ0n) is 12.2. The fourth-order valence-electron chi connectivity index (χ4n) is 3.32. The first-order chi connectivity index (χ1) is 9.55. The molecule has 0 radical (unpaired) electrons. The predicted octanol–water partition coefficient (Wildman–Crippen LogP) is 4.73. The number of para-hydroxylation sites is 1. The van der Waals surface area contributed by atoms with Crippen molar-refractivity contribution < 1.29 is 4.74 Å².